The highest BCUT2D eigenvalue weighted by atomic mass is 16.5. The Kier molecular flexibility index (Phi) is 48.7. The SMILES string of the molecule is CC(C)C.CC(C)C1=NCCN1.CC(C)C1=NCCO1.CC(C)c1ccn[nH]1.CC(C)c1cn[nH]c1.CC(C)c1cn[nH]n1.CC(C)c1cnco1.CC(C)n1cccc1.CC(C)n1cccn1.CC(C)n1ccnc1.CC(C)n1cnc2c1CCCC2.CC(C)n1cnnc1.c1ccncc1. The van der Waals surface area contributed by atoms with Crippen LogP contribution in [0.15, 0.2) is 169 Å². The van der Waals surface area contributed by atoms with E-state index in [0.29, 0.717) is 65.7 Å². The summed E-state index contributed by atoms with van der Waals surface area (Å²) in [5, 5.41) is 37.9. The van der Waals surface area contributed by atoms with Crippen molar-refractivity contribution in [3.8, 4) is 0 Å². The van der Waals surface area contributed by atoms with E-state index in [1.165, 1.54) is 60.6 Å². The molecule has 102 heavy (non-hydrogen) atoms. The van der Waals surface area contributed by atoms with Gasteiger partial charge in [-0.15, -0.1) is 10.2 Å². The van der Waals surface area contributed by atoms with E-state index < -0.39 is 0 Å². The molecule has 2 aliphatic heterocycles. The average Bonchev–Trinajstić information content (AvgIpc) is 1.68. The van der Waals surface area contributed by atoms with Gasteiger partial charge in [0.1, 0.15) is 25.0 Å². The average molecular weight is 1410 g/mol. The molecule has 3 aliphatic rings. The molecule has 10 aromatic rings. The van der Waals surface area contributed by atoms with E-state index >= 15 is 0 Å². The fraction of sp³-hybridized carbons (Fsp3) is 0.577. The number of hydrogen-bond acceptors (Lipinski definition) is 16. The zero-order chi connectivity index (χ0) is 76.2. The molecule has 4 N–H and O–H groups in total. The lowest BCUT2D eigenvalue weighted by atomic mass is 10.0. The maximum atomic E-state index is 5.16. The third-order valence-corrected chi connectivity index (χ3v) is 14.3. The molecule has 0 saturated heterocycles. The summed E-state index contributed by atoms with van der Waals surface area (Å²) in [5.41, 5.74) is 6.31. The van der Waals surface area contributed by atoms with Crippen molar-refractivity contribution in [2.45, 2.75) is 253 Å². The van der Waals surface area contributed by atoms with E-state index in [0.717, 1.165) is 49.5 Å². The largest absolute Gasteiger partial charge is 0.479 e. The summed E-state index contributed by atoms with van der Waals surface area (Å²) in [7, 11) is 0. The second kappa shape index (κ2) is 54.6. The fourth-order valence-corrected chi connectivity index (χ4v) is 8.25. The van der Waals surface area contributed by atoms with Gasteiger partial charge < -0.3 is 32.7 Å². The van der Waals surface area contributed by atoms with Crippen molar-refractivity contribution in [3.05, 3.63) is 189 Å². The molecule has 10 aromatic heterocycles. The highest BCUT2D eigenvalue weighted by molar-refractivity contribution is 5.85. The first-order valence-corrected chi connectivity index (χ1v) is 36.6. The first kappa shape index (κ1) is 90.9. The summed E-state index contributed by atoms with van der Waals surface area (Å²) >= 11 is 0. The smallest absolute Gasteiger partial charge is 0.186 e. The molecule has 0 radical (unpaired) electrons. The third kappa shape index (κ3) is 42.9. The summed E-state index contributed by atoms with van der Waals surface area (Å²) in [6, 6.07) is 16.4. The summed E-state index contributed by atoms with van der Waals surface area (Å²) in [6.07, 6.45) is 38.0. The van der Waals surface area contributed by atoms with E-state index in [2.05, 4.69) is 286 Å². The number of nitrogens with zero attached hydrogens (tertiary/aromatic N) is 18. The van der Waals surface area contributed by atoms with Gasteiger partial charge in [-0.3, -0.25) is 29.8 Å². The maximum absolute atomic E-state index is 5.16. The number of aryl methyl sites for hydroxylation is 1. The predicted molar refractivity (Wildman–Crippen MR) is 419 cm³/mol. The molecule has 0 spiro atoms. The molecular formula is C78H132N22O2. The van der Waals surface area contributed by atoms with Crippen molar-refractivity contribution in [1.82, 2.24) is 99.3 Å². The van der Waals surface area contributed by atoms with E-state index in [1.54, 1.807) is 56.0 Å². The number of aromatic nitrogens is 19. The van der Waals surface area contributed by atoms with Crippen molar-refractivity contribution in [2.24, 2.45) is 27.7 Å². The summed E-state index contributed by atoms with van der Waals surface area (Å²) in [6.45, 7) is 56.9. The van der Waals surface area contributed by atoms with Crippen LogP contribution in [0.2, 0.25) is 0 Å². The minimum atomic E-state index is 0.456. The number of ether oxygens (including phenoxy) is 1. The molecule has 0 aromatic carbocycles. The van der Waals surface area contributed by atoms with Crippen LogP contribution in [0.25, 0.3) is 0 Å². The molecule has 0 atom stereocenters. The number of rotatable bonds is 11. The Morgan fingerprint density at radius 2 is 1.15 bits per heavy atom. The summed E-state index contributed by atoms with van der Waals surface area (Å²) in [5.74, 6) is 7.02. The van der Waals surface area contributed by atoms with Gasteiger partial charge in [-0.1, -0.05) is 110 Å². The molecule has 0 unspecified atom stereocenters. The van der Waals surface area contributed by atoms with Gasteiger partial charge in [0.25, 0.3) is 0 Å². The number of aliphatic imine (C=N–C) groups is 2. The Balaban J connectivity index is 0.000000555. The molecule has 24 heteroatoms. The van der Waals surface area contributed by atoms with Gasteiger partial charge in [0.15, 0.2) is 12.3 Å². The lowest BCUT2D eigenvalue weighted by molar-refractivity contribution is 0.328. The Morgan fingerprint density at radius 3 is 1.44 bits per heavy atom. The van der Waals surface area contributed by atoms with E-state index in [4.69, 9.17) is 9.15 Å². The molecule has 12 heterocycles. The lowest BCUT2D eigenvalue weighted by Gasteiger charge is -2.16. The molecule has 566 valence electrons. The second-order valence-corrected chi connectivity index (χ2v) is 28.0. The third-order valence-electron chi connectivity index (χ3n) is 14.3. The number of H-pyrrole nitrogens is 3. The number of hydrogen-bond donors (Lipinski definition) is 4. The molecular weight excluding hydrogens is 1280 g/mol. The van der Waals surface area contributed by atoms with Crippen LogP contribution in [0, 0.1) is 17.8 Å². The van der Waals surface area contributed by atoms with Crippen molar-refractivity contribution in [2.75, 3.05) is 26.2 Å². The molecule has 0 fully saturated rings. The maximum Gasteiger partial charge on any atom is 0.186 e. The summed E-state index contributed by atoms with van der Waals surface area (Å²) < 4.78 is 20.5. The minimum absolute atomic E-state index is 0.456. The lowest BCUT2D eigenvalue weighted by Crippen LogP contribution is -2.23. The first-order valence-electron chi connectivity index (χ1n) is 36.6. The van der Waals surface area contributed by atoms with Crippen LogP contribution in [0.1, 0.15) is 274 Å². The fourth-order valence-electron chi connectivity index (χ4n) is 8.25. The number of pyridine rings is 1. The molecule has 1 aliphatic carbocycles. The number of aromatic amines is 3. The molecule has 0 amide bonds. The molecule has 24 nitrogen and oxygen atoms in total. The standard InChI is InChI=1S/C10H16N2.C7H11N.3C6H10N2.C6H12N2.C6H10N2.C6H9NO.C6H11NO.2C5H9N3.C5H5N.C4H10/c1-8(2)12-7-11-9-5-3-4-6-10(9)12;1-7(2)8-5-3-4-6-8;1-5(2)6-3-7-8-4-6;1-6(2)8-4-3-7-5-8;1-6(2)8-5-3-4-7-8;1-5(2)6-7-3-4-8-6;1-5(2)6-3-4-7-8-6;1-5(2)6-3-7-4-8-6;1-5(2)6-7-3-4-8-6;1-5(2)8-3-6-7-4-8;1-4(2)5-3-6-8-7-5;1-2-4-6-5-3-1;1-4(2)3/h7-8H,3-6H2,1-2H3;3-7H,1-2H3;3-5H,1-2H3,(H,7,8);2*3-6H,1-2H3;5H,3-4H2,1-2H3,(H,7,8);3-5H,1-2H3,(H,7,8);3-5H,1-2H3;5H,3-4H2,1-2H3;3-5H,1-2H3;3-4H,1-2H3,(H,6,7,8);1-5H;4H,1-3H3. The van der Waals surface area contributed by atoms with E-state index in [1.807, 2.05) is 89.2 Å². The van der Waals surface area contributed by atoms with Crippen LogP contribution in [-0.4, -0.2) is 132 Å². The van der Waals surface area contributed by atoms with Crippen molar-refractivity contribution >= 4 is 11.7 Å². The monoisotopic (exact) mass is 1410 g/mol. The van der Waals surface area contributed by atoms with Gasteiger partial charge in [-0.05, 0) is 161 Å². The van der Waals surface area contributed by atoms with Gasteiger partial charge in [0.05, 0.1) is 61.6 Å². The van der Waals surface area contributed by atoms with Gasteiger partial charge in [0, 0.05) is 128 Å². The Hall–Kier alpha value is -9.09. The minimum Gasteiger partial charge on any atom is -0.479 e. The van der Waals surface area contributed by atoms with Gasteiger partial charge in [-0.2, -0.15) is 30.7 Å². The van der Waals surface area contributed by atoms with Crippen LogP contribution >= 0.6 is 0 Å². The highest BCUT2D eigenvalue weighted by Gasteiger charge is 2.16. The number of amidine groups is 1. The zero-order valence-corrected chi connectivity index (χ0v) is 66.9. The summed E-state index contributed by atoms with van der Waals surface area (Å²) in [4.78, 5) is 24.3. The second-order valence-electron chi connectivity index (χ2n) is 28.0. The van der Waals surface area contributed by atoms with Crippen LogP contribution < -0.4 is 5.32 Å². The topological polar surface area (TPSA) is 273 Å². The van der Waals surface area contributed by atoms with E-state index in [-0.39, 0.29) is 0 Å². The number of fused-ring (bicyclic) bond motifs is 1. The van der Waals surface area contributed by atoms with Crippen molar-refractivity contribution in [1.29, 1.82) is 0 Å². The normalized spacial score (nSPS) is 12.2. The van der Waals surface area contributed by atoms with Gasteiger partial charge >= 0.3 is 0 Å². The zero-order valence-electron chi connectivity index (χ0n) is 66.9. The van der Waals surface area contributed by atoms with Gasteiger partial charge in [-0.25, -0.2) is 15.0 Å². The number of imidazole rings is 2. The molecule has 13 rings (SSSR count). The quantitative estimate of drug-likeness (QED) is 0.0938. The number of oxazole rings is 1. The van der Waals surface area contributed by atoms with Crippen LogP contribution in [-0.2, 0) is 17.6 Å². The Morgan fingerprint density at radius 1 is 0.490 bits per heavy atom. The predicted octanol–water partition coefficient (Wildman–Crippen LogP) is 18.5. The van der Waals surface area contributed by atoms with Crippen LogP contribution in [0.4, 0.5) is 0 Å². The molecule has 0 bridgehead atoms. The highest BCUT2D eigenvalue weighted by Crippen LogP contribution is 2.22. The first-order chi connectivity index (χ1) is 48.6. The van der Waals surface area contributed by atoms with Crippen LogP contribution in [0.5, 0.6) is 0 Å². The van der Waals surface area contributed by atoms with Gasteiger partial charge in [0.2, 0.25) is 0 Å². The Bertz CT molecular complexity index is 2880. The van der Waals surface area contributed by atoms with Crippen LogP contribution in [0.3, 0.4) is 0 Å². The van der Waals surface area contributed by atoms with Crippen molar-refractivity contribution in [3.63, 3.8) is 0 Å². The Labute approximate surface area is 612 Å². The molecule has 0 saturated carbocycles. The van der Waals surface area contributed by atoms with E-state index in [9.17, 15) is 0 Å². The number of nitrogens with one attached hydrogen (secondary N) is 4. The van der Waals surface area contributed by atoms with Crippen molar-refractivity contribution < 1.29 is 9.15 Å².